The van der Waals surface area contributed by atoms with Gasteiger partial charge in [0, 0.05) is 0 Å². The van der Waals surface area contributed by atoms with Crippen LogP contribution >= 0.6 is 39.7 Å². The first kappa shape index (κ1) is 16.3. The molecule has 0 aliphatic carbocycles. The maximum absolute atomic E-state index is 9.94. The Hall–Kier alpha value is 1.88. The van der Waals surface area contributed by atoms with E-state index in [0.29, 0.717) is 0 Å². The molecule has 0 saturated heterocycles. The van der Waals surface area contributed by atoms with Crippen LogP contribution in [-0.2, 0) is 18.2 Å². The van der Waals surface area contributed by atoms with Crippen molar-refractivity contribution < 1.29 is 28.0 Å². The molecule has 0 spiro atoms. The fraction of sp³-hybridized carbons (Fsp3) is 1.00. The second-order valence-corrected chi connectivity index (χ2v) is 3.86. The summed E-state index contributed by atoms with van der Waals surface area (Å²) in [7, 11) is -6.82. The Balaban J connectivity index is 0. The van der Waals surface area contributed by atoms with Crippen molar-refractivity contribution in [1.29, 1.82) is 0 Å². The quantitative estimate of drug-likeness (QED) is 0.328. The Morgan fingerprint density at radius 1 is 1.08 bits per heavy atom. The molecule has 0 aliphatic heterocycles. The SMILES string of the molecule is O=[PH](O)OC(Cl)(Cl)O[PH](=O)O.[NaH]. The molecule has 0 saturated carbocycles. The van der Waals surface area contributed by atoms with E-state index in [1.807, 2.05) is 0 Å². The van der Waals surface area contributed by atoms with Gasteiger partial charge in [0.05, 0.1) is 0 Å². The van der Waals surface area contributed by atoms with Gasteiger partial charge in [-0.15, -0.1) is 0 Å². The zero-order valence-corrected chi connectivity index (χ0v) is 8.30. The molecule has 0 aromatic rings. The van der Waals surface area contributed by atoms with Crippen molar-refractivity contribution in [3.63, 3.8) is 0 Å². The van der Waals surface area contributed by atoms with Crippen molar-refractivity contribution >= 4 is 69.3 Å². The summed E-state index contributed by atoms with van der Waals surface area (Å²) in [5, 5.41) is 0. The minimum atomic E-state index is -3.41. The Morgan fingerprint density at radius 2 is 1.33 bits per heavy atom. The number of rotatable bonds is 4. The Morgan fingerprint density at radius 3 is 1.50 bits per heavy atom. The summed E-state index contributed by atoms with van der Waals surface area (Å²) >= 11 is 9.96. The van der Waals surface area contributed by atoms with Crippen molar-refractivity contribution in [3.05, 3.63) is 0 Å². The van der Waals surface area contributed by atoms with E-state index in [2.05, 4.69) is 9.05 Å². The van der Waals surface area contributed by atoms with Gasteiger partial charge >= 0.3 is 50.8 Å². The van der Waals surface area contributed by atoms with Gasteiger partial charge in [-0.25, -0.2) is 9.05 Å². The van der Waals surface area contributed by atoms with Crippen molar-refractivity contribution in [2.24, 2.45) is 0 Å². The van der Waals surface area contributed by atoms with Crippen molar-refractivity contribution in [2.45, 2.75) is 4.71 Å². The van der Waals surface area contributed by atoms with Crippen LogP contribution in [0, 0.1) is 0 Å². The van der Waals surface area contributed by atoms with Gasteiger partial charge in [0.2, 0.25) is 0 Å². The number of alkyl halides is 2. The summed E-state index contributed by atoms with van der Waals surface area (Å²) in [5.41, 5.74) is 0. The first-order valence-corrected chi connectivity index (χ1v) is 5.33. The summed E-state index contributed by atoms with van der Waals surface area (Å²) in [6, 6.07) is 0. The minimum absolute atomic E-state index is 0. The molecule has 0 rings (SSSR count). The third-order valence-corrected chi connectivity index (χ3v) is 2.16. The Bertz CT molecular complexity index is 166. The molecule has 2 atom stereocenters. The van der Waals surface area contributed by atoms with Gasteiger partial charge in [-0.1, -0.05) is 0 Å². The van der Waals surface area contributed by atoms with E-state index in [4.69, 9.17) is 33.0 Å². The zero-order valence-electron chi connectivity index (χ0n) is 4.78. The van der Waals surface area contributed by atoms with Crippen LogP contribution in [0.1, 0.15) is 0 Å². The molecule has 0 radical (unpaired) electrons. The molecule has 0 aliphatic rings. The second kappa shape index (κ2) is 7.21. The van der Waals surface area contributed by atoms with E-state index < -0.39 is 21.2 Å². The van der Waals surface area contributed by atoms with Gasteiger partial charge in [0.15, 0.2) is 0 Å². The van der Waals surface area contributed by atoms with Gasteiger partial charge in [-0.2, -0.15) is 0 Å². The molecule has 11 heteroatoms. The van der Waals surface area contributed by atoms with E-state index in [0.717, 1.165) is 0 Å². The van der Waals surface area contributed by atoms with Crippen LogP contribution in [0.25, 0.3) is 0 Å². The average molecular weight is 269 g/mol. The molecule has 70 valence electrons. The molecular formula is CH5Cl2NaO6P2. The molecule has 2 unspecified atom stereocenters. The van der Waals surface area contributed by atoms with E-state index >= 15 is 0 Å². The van der Waals surface area contributed by atoms with E-state index in [-0.39, 0.29) is 29.6 Å². The molecule has 0 heterocycles. The van der Waals surface area contributed by atoms with Crippen molar-refractivity contribution in [1.82, 2.24) is 0 Å². The standard InChI is InChI=1S/CH4Cl2O6P2.Na.H/c2-1(3,8-10(4)5)9-11(6)7;;/h10-11H,(H,4,5)(H,6,7);;. The summed E-state index contributed by atoms with van der Waals surface area (Å²) in [5.74, 6) is 0. The monoisotopic (exact) mass is 268 g/mol. The van der Waals surface area contributed by atoms with Crippen molar-refractivity contribution in [3.8, 4) is 0 Å². The first-order valence-electron chi connectivity index (χ1n) is 2.05. The third kappa shape index (κ3) is 9.96. The number of halogens is 2. The van der Waals surface area contributed by atoms with Crippen LogP contribution in [-0.4, -0.2) is 44.0 Å². The second-order valence-electron chi connectivity index (χ2n) is 1.20. The average Bonchev–Trinajstić information content (AvgIpc) is 1.53. The van der Waals surface area contributed by atoms with E-state index in [1.165, 1.54) is 0 Å². The molecule has 0 bridgehead atoms. The molecule has 12 heavy (non-hydrogen) atoms. The summed E-state index contributed by atoms with van der Waals surface area (Å²) in [4.78, 5) is 16.2. The Kier molecular flexibility index (Phi) is 9.80. The molecule has 2 N–H and O–H groups in total. The summed E-state index contributed by atoms with van der Waals surface area (Å²) in [6.07, 6.45) is 0. The summed E-state index contributed by atoms with van der Waals surface area (Å²) < 4.78 is 25.0. The van der Waals surface area contributed by atoms with E-state index in [9.17, 15) is 9.13 Å². The van der Waals surface area contributed by atoms with Gasteiger partial charge in [-0.05, 0) is 23.2 Å². The molecular weight excluding hydrogens is 264 g/mol. The van der Waals surface area contributed by atoms with Crippen LogP contribution < -0.4 is 0 Å². The van der Waals surface area contributed by atoms with Gasteiger partial charge < -0.3 is 9.79 Å². The fourth-order valence-corrected chi connectivity index (χ4v) is 1.59. The van der Waals surface area contributed by atoms with Crippen LogP contribution in [0.5, 0.6) is 0 Å². The maximum atomic E-state index is 9.94. The molecule has 0 amide bonds. The fourth-order valence-electron chi connectivity index (χ4n) is 0.224. The molecule has 0 fully saturated rings. The van der Waals surface area contributed by atoms with E-state index in [1.54, 1.807) is 0 Å². The summed E-state index contributed by atoms with van der Waals surface area (Å²) in [6.45, 7) is 0. The van der Waals surface area contributed by atoms with Gasteiger partial charge in [0.25, 0.3) is 0 Å². The predicted molar refractivity (Wildman–Crippen MR) is 46.2 cm³/mol. The molecule has 0 aromatic heterocycles. The molecule has 0 aromatic carbocycles. The van der Waals surface area contributed by atoms with Crippen LogP contribution in [0.15, 0.2) is 0 Å². The van der Waals surface area contributed by atoms with Crippen molar-refractivity contribution in [2.75, 3.05) is 0 Å². The Labute approximate surface area is 101 Å². The first-order chi connectivity index (χ1) is 4.83. The van der Waals surface area contributed by atoms with Crippen LogP contribution in [0.4, 0.5) is 0 Å². The topological polar surface area (TPSA) is 93.1 Å². The van der Waals surface area contributed by atoms with Crippen LogP contribution in [0.2, 0.25) is 0 Å². The predicted octanol–water partition coefficient (Wildman–Crippen LogP) is 0.224. The van der Waals surface area contributed by atoms with Gasteiger partial charge in [-0.3, -0.25) is 9.13 Å². The van der Waals surface area contributed by atoms with Gasteiger partial charge in [0.1, 0.15) is 0 Å². The third-order valence-electron chi connectivity index (χ3n) is 0.412. The number of hydrogen-bond donors (Lipinski definition) is 2. The van der Waals surface area contributed by atoms with Crippen LogP contribution in [0.3, 0.4) is 0 Å². The zero-order chi connectivity index (χ0) is 9.07. The number of hydrogen-bond acceptors (Lipinski definition) is 4. The normalized spacial score (nSPS) is 16.3. The molecule has 6 nitrogen and oxygen atoms in total.